The van der Waals surface area contributed by atoms with Crippen LogP contribution in [0.4, 0.5) is 0 Å². The first kappa shape index (κ1) is 23.7. The molecule has 0 saturated carbocycles. The van der Waals surface area contributed by atoms with E-state index in [4.69, 9.17) is 0 Å². The zero-order chi connectivity index (χ0) is 23.5. The summed E-state index contributed by atoms with van der Waals surface area (Å²) in [6, 6.07) is 33.6. The van der Waals surface area contributed by atoms with Gasteiger partial charge >= 0.3 is 0 Å². The lowest BCUT2D eigenvalue weighted by atomic mass is 10.0. The Morgan fingerprint density at radius 2 is 0.636 bits per heavy atom. The minimum Gasteiger partial charge on any atom is -0.0683 e. The molecule has 0 atom stereocenters. The van der Waals surface area contributed by atoms with Gasteiger partial charge in [-0.25, -0.2) is 0 Å². The van der Waals surface area contributed by atoms with Crippen molar-refractivity contribution in [3.8, 4) is 23.7 Å². The Bertz CT molecular complexity index is 1160. The highest BCUT2D eigenvalue weighted by Gasteiger charge is 1.98. The highest BCUT2D eigenvalue weighted by Crippen LogP contribution is 2.12. The molecule has 0 heterocycles. The van der Waals surface area contributed by atoms with E-state index >= 15 is 0 Å². The Morgan fingerprint density at radius 1 is 0.394 bits per heavy atom. The summed E-state index contributed by atoms with van der Waals surface area (Å²) < 4.78 is 0. The Hall–Kier alpha value is -4.00. The van der Waals surface area contributed by atoms with Crippen molar-refractivity contribution in [2.24, 2.45) is 0 Å². The third-order valence-corrected chi connectivity index (χ3v) is 5.12. The Kier molecular flexibility index (Phi) is 8.71. The van der Waals surface area contributed by atoms with Crippen molar-refractivity contribution in [1.29, 1.82) is 0 Å². The van der Waals surface area contributed by atoms with E-state index in [1.807, 2.05) is 13.8 Å². The van der Waals surface area contributed by atoms with Crippen molar-refractivity contribution in [3.63, 3.8) is 0 Å². The summed E-state index contributed by atoms with van der Waals surface area (Å²) in [5.74, 6) is 12.9. The van der Waals surface area contributed by atoms with Crippen molar-refractivity contribution < 1.29 is 0 Å². The van der Waals surface area contributed by atoms with E-state index in [1.165, 1.54) is 22.3 Å². The lowest BCUT2D eigenvalue weighted by molar-refractivity contribution is 1.19. The third kappa shape index (κ3) is 7.57. The van der Waals surface area contributed by atoms with E-state index in [1.54, 1.807) is 0 Å². The minimum absolute atomic E-state index is 0.900. The molecular formula is C33H30. The van der Waals surface area contributed by atoms with Crippen LogP contribution in [-0.4, -0.2) is 0 Å². The van der Waals surface area contributed by atoms with E-state index in [9.17, 15) is 0 Å². The van der Waals surface area contributed by atoms with Gasteiger partial charge in [0, 0.05) is 22.3 Å². The van der Waals surface area contributed by atoms with Crippen LogP contribution >= 0.6 is 0 Å². The van der Waals surface area contributed by atoms with Crippen LogP contribution in [0.25, 0.3) is 0 Å². The minimum atomic E-state index is 0.900. The van der Waals surface area contributed by atoms with E-state index in [-0.39, 0.29) is 0 Å². The molecule has 0 saturated heterocycles. The van der Waals surface area contributed by atoms with Crippen LogP contribution < -0.4 is 0 Å². The highest BCUT2D eigenvalue weighted by molar-refractivity contribution is 5.46. The third-order valence-electron chi connectivity index (χ3n) is 5.12. The monoisotopic (exact) mass is 426 g/mol. The van der Waals surface area contributed by atoms with Gasteiger partial charge in [0.05, 0.1) is 0 Å². The van der Waals surface area contributed by atoms with E-state index in [0.29, 0.717) is 0 Å². The van der Waals surface area contributed by atoms with Crippen LogP contribution in [0.15, 0.2) is 97.1 Å². The van der Waals surface area contributed by atoms with Crippen molar-refractivity contribution in [2.75, 3.05) is 0 Å². The van der Waals surface area contributed by atoms with Crippen molar-refractivity contribution >= 4 is 0 Å². The van der Waals surface area contributed by atoms with E-state index in [2.05, 4.69) is 135 Å². The van der Waals surface area contributed by atoms with Gasteiger partial charge in [0.15, 0.2) is 0 Å². The molecule has 0 heteroatoms. The summed E-state index contributed by atoms with van der Waals surface area (Å²) >= 11 is 0. The van der Waals surface area contributed by atoms with Crippen LogP contribution in [-0.2, 0) is 6.42 Å². The summed E-state index contributed by atoms with van der Waals surface area (Å²) in [6.45, 7) is 8.17. The zero-order valence-corrected chi connectivity index (χ0v) is 19.9. The molecule has 33 heavy (non-hydrogen) atoms. The predicted octanol–water partition coefficient (Wildman–Crippen LogP) is 7.72. The van der Waals surface area contributed by atoms with Crippen LogP contribution in [0.2, 0.25) is 0 Å². The molecule has 4 aromatic rings. The highest BCUT2D eigenvalue weighted by atomic mass is 14.0. The van der Waals surface area contributed by atoms with Gasteiger partial charge < -0.3 is 0 Å². The molecule has 0 N–H and O–H groups in total. The van der Waals surface area contributed by atoms with Gasteiger partial charge in [0.25, 0.3) is 0 Å². The molecule has 0 bridgehead atoms. The quantitative estimate of drug-likeness (QED) is 0.288. The summed E-state index contributed by atoms with van der Waals surface area (Å²) in [4.78, 5) is 0. The molecule has 0 unspecified atom stereocenters. The summed E-state index contributed by atoms with van der Waals surface area (Å²) in [5, 5.41) is 0. The fourth-order valence-corrected chi connectivity index (χ4v) is 3.21. The largest absolute Gasteiger partial charge is 0.0683 e. The van der Waals surface area contributed by atoms with Crippen LogP contribution in [0.5, 0.6) is 0 Å². The molecule has 0 aliphatic carbocycles. The summed E-state index contributed by atoms with van der Waals surface area (Å²) in [6.07, 6.45) is 0.900. The first-order chi connectivity index (χ1) is 16.1. The van der Waals surface area contributed by atoms with Crippen molar-refractivity contribution in [3.05, 3.63) is 142 Å². The molecule has 0 spiro atoms. The number of rotatable bonds is 2. The smallest absolute Gasteiger partial charge is 0.0249 e. The van der Waals surface area contributed by atoms with Crippen molar-refractivity contribution in [1.82, 2.24) is 0 Å². The number of hydrogen-bond acceptors (Lipinski definition) is 0. The first-order valence-electron chi connectivity index (χ1n) is 11.5. The second-order valence-corrected chi connectivity index (χ2v) is 7.80. The second-order valence-electron chi connectivity index (χ2n) is 7.80. The van der Waals surface area contributed by atoms with Gasteiger partial charge in [-0.05, 0) is 79.9 Å². The summed E-state index contributed by atoms with van der Waals surface area (Å²) in [7, 11) is 0. The van der Waals surface area contributed by atoms with Crippen LogP contribution in [0, 0.1) is 37.5 Å². The average molecular weight is 427 g/mol. The topological polar surface area (TPSA) is 0 Å². The Morgan fingerprint density at radius 3 is 0.909 bits per heavy atom. The molecule has 0 nitrogen and oxygen atoms in total. The van der Waals surface area contributed by atoms with Crippen LogP contribution in [0.1, 0.15) is 58.4 Å². The maximum atomic E-state index is 3.24. The number of hydrogen-bond donors (Lipinski definition) is 0. The normalized spacial score (nSPS) is 9.45. The van der Waals surface area contributed by atoms with Gasteiger partial charge in [-0.3, -0.25) is 0 Å². The van der Waals surface area contributed by atoms with Crippen LogP contribution in [0.3, 0.4) is 0 Å². The Balaban J connectivity index is 0.00000149. The van der Waals surface area contributed by atoms with Gasteiger partial charge in [0.1, 0.15) is 0 Å². The molecule has 0 radical (unpaired) electrons. The van der Waals surface area contributed by atoms with E-state index in [0.717, 1.165) is 28.7 Å². The lowest BCUT2D eigenvalue weighted by Gasteiger charge is -2.03. The molecular weight excluding hydrogens is 396 g/mol. The fraction of sp³-hybridized carbons (Fsp3) is 0.152. The lowest BCUT2D eigenvalue weighted by Crippen LogP contribution is -1.89. The number of aryl methyl sites for hydroxylation is 2. The molecule has 0 aromatic heterocycles. The van der Waals surface area contributed by atoms with Gasteiger partial charge in [0.2, 0.25) is 0 Å². The first-order valence-corrected chi connectivity index (χ1v) is 11.5. The molecule has 0 aliphatic heterocycles. The fourth-order valence-electron chi connectivity index (χ4n) is 3.21. The molecule has 4 aromatic carbocycles. The second kappa shape index (κ2) is 12.1. The maximum absolute atomic E-state index is 3.24. The van der Waals surface area contributed by atoms with Gasteiger partial charge in [-0.15, -0.1) is 0 Å². The maximum Gasteiger partial charge on any atom is 0.0249 e. The SMILES string of the molecule is CC.Cc1ccc(C#Cc2ccc(Cc3ccc(C#Cc4ccc(C)cc4)cc3)cc2)cc1. The summed E-state index contributed by atoms with van der Waals surface area (Å²) in [5.41, 5.74) is 9.21. The molecule has 0 aliphatic rings. The molecule has 162 valence electrons. The molecule has 4 rings (SSSR count). The van der Waals surface area contributed by atoms with E-state index < -0.39 is 0 Å². The van der Waals surface area contributed by atoms with Crippen molar-refractivity contribution in [2.45, 2.75) is 34.1 Å². The zero-order valence-electron chi connectivity index (χ0n) is 19.9. The predicted molar refractivity (Wildman–Crippen MR) is 141 cm³/mol. The Labute approximate surface area is 199 Å². The standard InChI is InChI=1S/C31H24.C2H6/c1-24-3-7-26(8-4-24)11-13-28-15-19-30(20-16-28)23-31-21-17-29(18-22-31)14-12-27-9-5-25(2)6-10-27;1-2/h3-10,15-22H,23H2,1-2H3;1-2H3. The average Bonchev–Trinajstić information content (AvgIpc) is 2.86. The molecule has 0 fully saturated rings. The number of benzene rings is 4. The van der Waals surface area contributed by atoms with Gasteiger partial charge in [-0.2, -0.15) is 0 Å². The van der Waals surface area contributed by atoms with Gasteiger partial charge in [-0.1, -0.05) is 97.2 Å². The molecule has 0 amide bonds.